The van der Waals surface area contributed by atoms with E-state index in [1.54, 1.807) is 0 Å². The molecule has 1 aliphatic heterocycles. The Hall–Kier alpha value is -2.68. The third-order valence-electron chi connectivity index (χ3n) is 5.56. The number of hydrogen-bond donors (Lipinski definition) is 1. The first kappa shape index (κ1) is 16.8. The molecule has 2 aliphatic rings. The van der Waals surface area contributed by atoms with Crippen molar-refractivity contribution >= 4 is 11.7 Å². The van der Waals surface area contributed by atoms with Crippen molar-refractivity contribution in [3.05, 3.63) is 82.1 Å². The Morgan fingerprint density at radius 2 is 1.35 bits per heavy atom. The van der Waals surface area contributed by atoms with Crippen molar-refractivity contribution in [2.75, 3.05) is 0 Å². The molecular formula is C23H23NO2. The number of hydrogen-bond acceptors (Lipinski definition) is 2. The van der Waals surface area contributed by atoms with Crippen LogP contribution in [0.2, 0.25) is 0 Å². The van der Waals surface area contributed by atoms with Crippen LogP contribution in [0, 0.1) is 13.8 Å². The van der Waals surface area contributed by atoms with Gasteiger partial charge in [0.05, 0.1) is 0 Å². The molecule has 4 rings (SSSR count). The molecule has 2 atom stereocenters. The maximum atomic E-state index is 13.0. The summed E-state index contributed by atoms with van der Waals surface area (Å²) in [7, 11) is 0. The zero-order chi connectivity index (χ0) is 18.3. The summed E-state index contributed by atoms with van der Waals surface area (Å²) < 4.78 is 0. The minimum absolute atomic E-state index is 0.00619. The summed E-state index contributed by atoms with van der Waals surface area (Å²) in [6.07, 6.45) is 1.58. The monoisotopic (exact) mass is 345 g/mol. The molecule has 0 radical (unpaired) electrons. The van der Waals surface area contributed by atoms with Gasteiger partial charge in [-0.15, -0.1) is 0 Å². The van der Waals surface area contributed by atoms with E-state index in [9.17, 15) is 9.59 Å². The first-order valence-electron chi connectivity index (χ1n) is 9.20. The van der Waals surface area contributed by atoms with Crippen molar-refractivity contribution in [3.8, 4) is 0 Å². The molecule has 0 spiro atoms. The molecule has 0 saturated carbocycles. The van der Waals surface area contributed by atoms with Crippen LogP contribution in [0.4, 0.5) is 0 Å². The zero-order valence-corrected chi connectivity index (χ0v) is 15.2. The number of ketones is 1. The minimum Gasteiger partial charge on any atom is -0.329 e. The molecule has 2 unspecified atom stereocenters. The zero-order valence-electron chi connectivity index (χ0n) is 15.2. The van der Waals surface area contributed by atoms with Crippen LogP contribution in [0.25, 0.3) is 0 Å². The summed E-state index contributed by atoms with van der Waals surface area (Å²) in [6, 6.07) is 16.5. The molecule has 1 heterocycles. The Balaban J connectivity index is 1.70. The summed E-state index contributed by atoms with van der Waals surface area (Å²) in [5.41, 5.74) is 6.26. The quantitative estimate of drug-likeness (QED) is 0.882. The average Bonchev–Trinajstić information content (AvgIpc) is 2.62. The predicted molar refractivity (Wildman–Crippen MR) is 102 cm³/mol. The highest BCUT2D eigenvalue weighted by molar-refractivity contribution is 6.02. The molecule has 0 fully saturated rings. The lowest BCUT2D eigenvalue weighted by atomic mass is 9.73. The number of nitrogens with one attached hydrogen (secondary N) is 1. The van der Waals surface area contributed by atoms with E-state index in [-0.39, 0.29) is 23.5 Å². The maximum absolute atomic E-state index is 13.0. The van der Waals surface area contributed by atoms with E-state index in [0.29, 0.717) is 12.8 Å². The van der Waals surface area contributed by atoms with Crippen molar-refractivity contribution in [1.82, 2.24) is 5.32 Å². The highest BCUT2D eigenvalue weighted by Crippen LogP contribution is 2.42. The van der Waals surface area contributed by atoms with Crippen LogP contribution in [-0.4, -0.2) is 11.7 Å². The maximum Gasteiger partial charge on any atom is 0.225 e. The van der Waals surface area contributed by atoms with Crippen molar-refractivity contribution in [2.45, 2.75) is 44.9 Å². The van der Waals surface area contributed by atoms with Crippen molar-refractivity contribution in [3.63, 3.8) is 0 Å². The van der Waals surface area contributed by atoms with Crippen LogP contribution in [-0.2, 0) is 9.59 Å². The van der Waals surface area contributed by atoms with Gasteiger partial charge in [0, 0.05) is 30.0 Å². The lowest BCUT2D eigenvalue weighted by molar-refractivity contribution is -0.122. The molecular weight excluding hydrogens is 322 g/mol. The number of aryl methyl sites for hydroxylation is 2. The summed E-state index contributed by atoms with van der Waals surface area (Å²) in [4.78, 5) is 25.3. The van der Waals surface area contributed by atoms with Crippen LogP contribution in [0.5, 0.6) is 0 Å². The van der Waals surface area contributed by atoms with Gasteiger partial charge in [0.2, 0.25) is 5.91 Å². The van der Waals surface area contributed by atoms with E-state index in [0.717, 1.165) is 23.3 Å². The number of carbonyl (C=O) groups excluding carboxylic acids is 2. The van der Waals surface area contributed by atoms with Crippen molar-refractivity contribution in [1.29, 1.82) is 0 Å². The fourth-order valence-electron chi connectivity index (χ4n) is 4.12. The van der Waals surface area contributed by atoms with Gasteiger partial charge in [-0.3, -0.25) is 9.59 Å². The van der Waals surface area contributed by atoms with Crippen LogP contribution in [0.15, 0.2) is 59.8 Å². The second-order valence-corrected chi connectivity index (χ2v) is 7.55. The van der Waals surface area contributed by atoms with E-state index >= 15 is 0 Å². The lowest BCUT2D eigenvalue weighted by Gasteiger charge is -2.34. The second kappa shape index (κ2) is 6.56. The van der Waals surface area contributed by atoms with Gasteiger partial charge < -0.3 is 5.32 Å². The lowest BCUT2D eigenvalue weighted by Crippen LogP contribution is -2.38. The smallest absolute Gasteiger partial charge is 0.225 e. The molecule has 3 nitrogen and oxygen atoms in total. The predicted octanol–water partition coefficient (Wildman–Crippen LogP) is 4.31. The van der Waals surface area contributed by atoms with E-state index in [4.69, 9.17) is 0 Å². The third kappa shape index (κ3) is 3.10. The SMILES string of the molecule is Cc1ccc(C2CC(=O)C3=C(C2)NC(=O)CC3c2ccc(C)cc2)cc1. The molecule has 1 amide bonds. The summed E-state index contributed by atoms with van der Waals surface area (Å²) >= 11 is 0. The highest BCUT2D eigenvalue weighted by atomic mass is 16.2. The number of benzene rings is 2. The van der Waals surface area contributed by atoms with E-state index in [2.05, 4.69) is 36.5 Å². The number of carbonyl (C=O) groups is 2. The number of rotatable bonds is 2. The Kier molecular flexibility index (Phi) is 4.23. The fraction of sp³-hybridized carbons (Fsp3) is 0.304. The molecule has 132 valence electrons. The van der Waals surface area contributed by atoms with Crippen LogP contribution >= 0.6 is 0 Å². The molecule has 0 aromatic heterocycles. The normalized spacial score (nSPS) is 22.8. The van der Waals surface area contributed by atoms with Crippen LogP contribution in [0.3, 0.4) is 0 Å². The molecule has 1 aliphatic carbocycles. The second-order valence-electron chi connectivity index (χ2n) is 7.55. The molecule has 3 heteroatoms. The number of Topliss-reactive ketones (excluding diaryl/α,β-unsaturated/α-hetero) is 1. The van der Waals surface area contributed by atoms with Gasteiger partial charge in [0.1, 0.15) is 0 Å². The highest BCUT2D eigenvalue weighted by Gasteiger charge is 2.38. The van der Waals surface area contributed by atoms with Gasteiger partial charge in [-0.2, -0.15) is 0 Å². The van der Waals surface area contributed by atoms with Gasteiger partial charge >= 0.3 is 0 Å². The molecule has 1 N–H and O–H groups in total. The van der Waals surface area contributed by atoms with Gasteiger partial charge in [-0.05, 0) is 37.3 Å². The van der Waals surface area contributed by atoms with Crippen molar-refractivity contribution < 1.29 is 9.59 Å². The summed E-state index contributed by atoms with van der Waals surface area (Å²) in [6.45, 7) is 4.10. The van der Waals surface area contributed by atoms with Gasteiger partial charge in [-0.1, -0.05) is 59.7 Å². The summed E-state index contributed by atoms with van der Waals surface area (Å²) in [5.74, 6) is 0.193. The minimum atomic E-state index is -0.120. The number of amides is 1. The largest absolute Gasteiger partial charge is 0.329 e. The molecule has 0 saturated heterocycles. The first-order chi connectivity index (χ1) is 12.5. The Morgan fingerprint density at radius 3 is 1.96 bits per heavy atom. The molecule has 2 aromatic carbocycles. The van der Waals surface area contributed by atoms with Gasteiger partial charge in [0.25, 0.3) is 0 Å². The number of allylic oxidation sites excluding steroid dienone is 2. The molecule has 26 heavy (non-hydrogen) atoms. The van der Waals surface area contributed by atoms with Gasteiger partial charge in [-0.25, -0.2) is 0 Å². The fourth-order valence-corrected chi connectivity index (χ4v) is 4.12. The third-order valence-corrected chi connectivity index (χ3v) is 5.56. The summed E-state index contributed by atoms with van der Waals surface area (Å²) in [5, 5.41) is 2.99. The Morgan fingerprint density at radius 1 is 0.769 bits per heavy atom. The average molecular weight is 345 g/mol. The topological polar surface area (TPSA) is 46.2 Å². The molecule has 2 aromatic rings. The van der Waals surface area contributed by atoms with E-state index in [1.165, 1.54) is 16.7 Å². The standard InChI is InChI=1S/C23H23NO2/c1-14-3-7-16(8-4-14)18-11-20-23(21(25)12-18)19(13-22(26)24-20)17-9-5-15(2)6-10-17/h3-10,18-19H,11-13H2,1-2H3,(H,24,26). The van der Waals surface area contributed by atoms with Crippen LogP contribution < -0.4 is 5.32 Å². The van der Waals surface area contributed by atoms with Crippen molar-refractivity contribution in [2.24, 2.45) is 0 Å². The van der Waals surface area contributed by atoms with E-state index in [1.807, 2.05) is 31.2 Å². The Bertz CT molecular complexity index is 891. The van der Waals surface area contributed by atoms with Gasteiger partial charge in [0.15, 0.2) is 5.78 Å². The Labute approximate surface area is 154 Å². The molecule has 0 bridgehead atoms. The first-order valence-corrected chi connectivity index (χ1v) is 9.20. The van der Waals surface area contributed by atoms with E-state index < -0.39 is 0 Å². The van der Waals surface area contributed by atoms with Crippen LogP contribution in [0.1, 0.15) is 53.4 Å².